The number of rotatable bonds is 14. The number of carbonyl (C=O) groups is 1. The lowest BCUT2D eigenvalue weighted by Crippen LogP contribution is -2.03. The van der Waals surface area contributed by atoms with E-state index >= 15 is 0 Å². The second-order valence-corrected chi connectivity index (χ2v) is 6.53. The van der Waals surface area contributed by atoms with E-state index in [0.717, 1.165) is 31.3 Å². The van der Waals surface area contributed by atoms with Crippen LogP contribution >= 0.6 is 0 Å². The summed E-state index contributed by atoms with van der Waals surface area (Å²) in [6.45, 7) is 6.22. The van der Waals surface area contributed by atoms with Crippen molar-refractivity contribution in [1.29, 1.82) is 0 Å². The van der Waals surface area contributed by atoms with Crippen LogP contribution in [0.2, 0.25) is 0 Å². The Balaban J connectivity index is 1.78. The first-order valence-electron chi connectivity index (χ1n) is 8.97. The summed E-state index contributed by atoms with van der Waals surface area (Å²) in [6, 6.07) is 0. The summed E-state index contributed by atoms with van der Waals surface area (Å²) in [6.07, 6.45) is 18.1. The van der Waals surface area contributed by atoms with Crippen LogP contribution in [0.4, 0.5) is 0 Å². The van der Waals surface area contributed by atoms with E-state index in [-0.39, 0.29) is 0 Å². The molecule has 1 saturated carbocycles. The zero-order valence-electron chi connectivity index (χ0n) is 13.6. The van der Waals surface area contributed by atoms with Gasteiger partial charge < -0.3 is 0 Å². The van der Waals surface area contributed by atoms with Crippen LogP contribution in [0.3, 0.4) is 0 Å². The van der Waals surface area contributed by atoms with Gasteiger partial charge in [0.15, 0.2) is 5.78 Å². The van der Waals surface area contributed by atoms with Gasteiger partial charge >= 0.3 is 0 Å². The molecule has 0 atom stereocenters. The van der Waals surface area contributed by atoms with E-state index in [2.05, 4.69) is 13.5 Å². The van der Waals surface area contributed by atoms with Crippen LogP contribution in [0.15, 0.2) is 12.2 Å². The van der Waals surface area contributed by atoms with Gasteiger partial charge in [-0.25, -0.2) is 0 Å². The predicted molar refractivity (Wildman–Crippen MR) is 87.9 cm³/mol. The maximum atomic E-state index is 11.7. The maximum absolute atomic E-state index is 11.7. The van der Waals surface area contributed by atoms with Crippen LogP contribution in [-0.4, -0.2) is 5.78 Å². The maximum Gasteiger partial charge on any atom is 0.161 e. The molecule has 1 nitrogen and oxygen atoms in total. The largest absolute Gasteiger partial charge is 0.294 e. The van der Waals surface area contributed by atoms with Crippen LogP contribution < -0.4 is 0 Å². The van der Waals surface area contributed by atoms with Gasteiger partial charge in [-0.05, 0) is 31.3 Å². The van der Waals surface area contributed by atoms with Crippen LogP contribution in [-0.2, 0) is 4.79 Å². The molecule has 0 saturated heterocycles. The molecule has 0 radical (unpaired) electrons. The van der Waals surface area contributed by atoms with Gasteiger partial charge in [0, 0.05) is 5.92 Å². The molecule has 0 N–H and O–H groups in total. The van der Waals surface area contributed by atoms with E-state index in [0.29, 0.717) is 11.7 Å². The molecule has 0 amide bonds. The first-order chi connectivity index (χ1) is 9.75. The van der Waals surface area contributed by atoms with Crippen molar-refractivity contribution in [2.24, 2.45) is 5.92 Å². The molecule has 0 aromatic carbocycles. The first kappa shape index (κ1) is 17.5. The molecule has 116 valence electrons. The number of Topliss-reactive ketones (excluding diaryl/α,β-unsaturated/α-hetero) is 1. The van der Waals surface area contributed by atoms with Crippen molar-refractivity contribution in [3.05, 3.63) is 12.2 Å². The highest BCUT2D eigenvalue weighted by Crippen LogP contribution is 2.33. The molecular formula is C19H34O. The minimum absolute atomic E-state index is 0.357. The molecule has 1 heteroatoms. The topological polar surface area (TPSA) is 17.1 Å². The first-order valence-corrected chi connectivity index (χ1v) is 8.97. The molecular weight excluding hydrogens is 244 g/mol. The molecule has 20 heavy (non-hydrogen) atoms. The third kappa shape index (κ3) is 8.55. The highest BCUT2D eigenvalue weighted by molar-refractivity contribution is 5.97. The second kappa shape index (κ2) is 11.1. The molecule has 0 heterocycles. The quantitative estimate of drug-likeness (QED) is 0.272. The Morgan fingerprint density at radius 2 is 1.30 bits per heavy atom. The average molecular weight is 278 g/mol. The lowest BCUT2D eigenvalue weighted by atomic mass is 10.0. The number of hydrogen-bond donors (Lipinski definition) is 0. The van der Waals surface area contributed by atoms with Gasteiger partial charge in [0.2, 0.25) is 0 Å². The SMILES string of the molecule is C=C(CCCCCCCCCCCCC)C(=O)C1CC1. The summed E-state index contributed by atoms with van der Waals surface area (Å²) in [5.41, 5.74) is 0.892. The molecule has 0 spiro atoms. The zero-order chi connectivity index (χ0) is 14.6. The van der Waals surface area contributed by atoms with Gasteiger partial charge in [0.1, 0.15) is 0 Å². The normalized spacial score (nSPS) is 14.4. The van der Waals surface area contributed by atoms with Gasteiger partial charge in [0.05, 0.1) is 0 Å². The van der Waals surface area contributed by atoms with Gasteiger partial charge in [-0.15, -0.1) is 0 Å². The fourth-order valence-corrected chi connectivity index (χ4v) is 2.76. The summed E-state index contributed by atoms with van der Waals surface area (Å²) < 4.78 is 0. The molecule has 0 aromatic heterocycles. The molecule has 1 aliphatic carbocycles. The van der Waals surface area contributed by atoms with Crippen molar-refractivity contribution < 1.29 is 4.79 Å². The third-order valence-corrected chi connectivity index (χ3v) is 4.38. The molecule has 0 aromatic rings. The highest BCUT2D eigenvalue weighted by Gasteiger charge is 2.30. The van der Waals surface area contributed by atoms with Gasteiger partial charge in [-0.3, -0.25) is 4.79 Å². The Hall–Kier alpha value is -0.590. The predicted octanol–water partition coefficient (Wildman–Crippen LogP) is 6.22. The van der Waals surface area contributed by atoms with Crippen molar-refractivity contribution in [3.63, 3.8) is 0 Å². The van der Waals surface area contributed by atoms with Crippen LogP contribution in [0, 0.1) is 5.92 Å². The molecule has 1 fully saturated rings. The zero-order valence-corrected chi connectivity index (χ0v) is 13.6. The minimum atomic E-state index is 0.357. The van der Waals surface area contributed by atoms with Crippen molar-refractivity contribution in [3.8, 4) is 0 Å². The number of hydrogen-bond acceptors (Lipinski definition) is 1. The average Bonchev–Trinajstić information content (AvgIpc) is 3.28. The smallest absolute Gasteiger partial charge is 0.161 e. The van der Waals surface area contributed by atoms with Crippen molar-refractivity contribution in [1.82, 2.24) is 0 Å². The van der Waals surface area contributed by atoms with Gasteiger partial charge in [-0.1, -0.05) is 77.7 Å². The minimum Gasteiger partial charge on any atom is -0.294 e. The number of allylic oxidation sites excluding steroid dienone is 1. The fraction of sp³-hybridized carbons (Fsp3) is 0.842. The standard InChI is InChI=1S/C19H34O/c1-3-4-5-6-7-8-9-10-11-12-13-14-17(2)19(20)18-15-16-18/h18H,2-16H2,1H3. The molecule has 1 rings (SSSR count). The van der Waals surface area contributed by atoms with Crippen LogP contribution in [0.1, 0.15) is 96.8 Å². The molecule has 0 unspecified atom stereocenters. The summed E-state index contributed by atoms with van der Waals surface area (Å²) in [5.74, 6) is 0.715. The van der Waals surface area contributed by atoms with E-state index in [9.17, 15) is 4.79 Å². The summed E-state index contributed by atoms with van der Waals surface area (Å²) in [4.78, 5) is 11.7. The van der Waals surface area contributed by atoms with Gasteiger partial charge in [0.25, 0.3) is 0 Å². The van der Waals surface area contributed by atoms with E-state index in [1.165, 1.54) is 64.2 Å². The Kier molecular flexibility index (Phi) is 9.70. The van der Waals surface area contributed by atoms with Crippen LogP contribution in [0.25, 0.3) is 0 Å². The Bertz CT molecular complexity index is 275. The fourth-order valence-electron chi connectivity index (χ4n) is 2.76. The molecule has 0 aliphatic heterocycles. The van der Waals surface area contributed by atoms with E-state index in [1.54, 1.807) is 0 Å². The van der Waals surface area contributed by atoms with Crippen molar-refractivity contribution in [2.45, 2.75) is 96.8 Å². The third-order valence-electron chi connectivity index (χ3n) is 4.38. The molecule has 0 bridgehead atoms. The van der Waals surface area contributed by atoms with Gasteiger partial charge in [-0.2, -0.15) is 0 Å². The number of ketones is 1. The lowest BCUT2D eigenvalue weighted by Gasteiger charge is -2.04. The van der Waals surface area contributed by atoms with E-state index in [4.69, 9.17) is 0 Å². The van der Waals surface area contributed by atoms with Crippen molar-refractivity contribution in [2.75, 3.05) is 0 Å². The van der Waals surface area contributed by atoms with Crippen molar-refractivity contribution >= 4 is 5.78 Å². The number of carbonyl (C=O) groups excluding carboxylic acids is 1. The van der Waals surface area contributed by atoms with Crippen LogP contribution in [0.5, 0.6) is 0 Å². The Morgan fingerprint density at radius 3 is 1.75 bits per heavy atom. The second-order valence-electron chi connectivity index (χ2n) is 6.53. The van der Waals surface area contributed by atoms with E-state index in [1.807, 2.05) is 0 Å². The highest BCUT2D eigenvalue weighted by atomic mass is 16.1. The summed E-state index contributed by atoms with van der Waals surface area (Å²) in [7, 11) is 0. The lowest BCUT2D eigenvalue weighted by molar-refractivity contribution is -0.116. The monoisotopic (exact) mass is 278 g/mol. The summed E-state index contributed by atoms with van der Waals surface area (Å²) >= 11 is 0. The Morgan fingerprint density at radius 1 is 0.850 bits per heavy atom. The number of unbranched alkanes of at least 4 members (excludes halogenated alkanes) is 10. The van der Waals surface area contributed by atoms with E-state index < -0.39 is 0 Å². The molecule has 1 aliphatic rings. The Labute approximate surface area is 126 Å². The summed E-state index contributed by atoms with van der Waals surface area (Å²) in [5, 5.41) is 0.